The molecule has 2 heterocycles. The molecule has 1 fully saturated rings. The van der Waals surface area contributed by atoms with Crippen LogP contribution < -0.4 is 5.73 Å². The first kappa shape index (κ1) is 15.4. The van der Waals surface area contributed by atoms with Crippen LogP contribution >= 0.6 is 0 Å². The number of carbonyl (C=O) groups excluding carboxylic acids is 1. The van der Waals surface area contributed by atoms with Gasteiger partial charge in [-0.3, -0.25) is 4.79 Å². The SMILES string of the molecule is Cc1ccccc1-n1nc(C(=O)N2CCC[C@H]2CN)c2c1CCC2. The quantitative estimate of drug-likeness (QED) is 0.941. The summed E-state index contributed by atoms with van der Waals surface area (Å²) < 4.78 is 2.00. The Balaban J connectivity index is 1.77. The Bertz CT molecular complexity index is 780. The molecule has 2 aliphatic rings. The lowest BCUT2D eigenvalue weighted by atomic mass is 10.1. The van der Waals surface area contributed by atoms with Crippen LogP contribution in [0, 0.1) is 6.92 Å². The van der Waals surface area contributed by atoms with Crippen LogP contribution in [0.25, 0.3) is 5.69 Å². The summed E-state index contributed by atoms with van der Waals surface area (Å²) in [7, 11) is 0. The predicted molar refractivity (Wildman–Crippen MR) is 93.4 cm³/mol. The van der Waals surface area contributed by atoms with Crippen LogP contribution in [0.1, 0.15) is 46.6 Å². The van der Waals surface area contributed by atoms with Crippen molar-refractivity contribution in [3.05, 3.63) is 46.8 Å². The van der Waals surface area contributed by atoms with Crippen molar-refractivity contribution in [2.75, 3.05) is 13.1 Å². The average molecular weight is 324 g/mol. The number of aryl methyl sites for hydroxylation is 1. The molecule has 1 aliphatic carbocycles. The van der Waals surface area contributed by atoms with Gasteiger partial charge in [-0.1, -0.05) is 18.2 Å². The zero-order valence-electron chi connectivity index (χ0n) is 14.2. The zero-order chi connectivity index (χ0) is 16.7. The molecule has 2 N–H and O–H groups in total. The number of aromatic nitrogens is 2. The van der Waals surface area contributed by atoms with E-state index in [0.717, 1.165) is 49.9 Å². The van der Waals surface area contributed by atoms with E-state index in [1.54, 1.807) is 0 Å². The van der Waals surface area contributed by atoms with Gasteiger partial charge in [-0.15, -0.1) is 0 Å². The smallest absolute Gasteiger partial charge is 0.274 e. The molecule has 0 saturated carbocycles. The highest BCUT2D eigenvalue weighted by molar-refractivity contribution is 5.94. The topological polar surface area (TPSA) is 64.2 Å². The van der Waals surface area contributed by atoms with E-state index in [-0.39, 0.29) is 11.9 Å². The van der Waals surface area contributed by atoms with Crippen molar-refractivity contribution in [3.63, 3.8) is 0 Å². The highest BCUT2D eigenvalue weighted by Gasteiger charge is 2.34. The van der Waals surface area contributed by atoms with Crippen molar-refractivity contribution in [1.29, 1.82) is 0 Å². The van der Waals surface area contributed by atoms with Gasteiger partial charge >= 0.3 is 0 Å². The number of benzene rings is 1. The largest absolute Gasteiger partial charge is 0.333 e. The Morgan fingerprint density at radius 1 is 1.29 bits per heavy atom. The molecule has 1 saturated heterocycles. The maximum Gasteiger partial charge on any atom is 0.274 e. The summed E-state index contributed by atoms with van der Waals surface area (Å²) in [6, 6.07) is 8.39. The molecule has 126 valence electrons. The zero-order valence-corrected chi connectivity index (χ0v) is 14.2. The molecule has 5 nitrogen and oxygen atoms in total. The van der Waals surface area contributed by atoms with Gasteiger partial charge in [0.15, 0.2) is 5.69 Å². The van der Waals surface area contributed by atoms with Gasteiger partial charge in [0, 0.05) is 30.4 Å². The standard InChI is InChI=1S/C19H24N4O/c1-13-6-2-3-9-16(13)23-17-10-4-8-15(17)18(21-23)19(24)22-11-5-7-14(22)12-20/h2-3,6,9,14H,4-5,7-8,10-12,20H2,1H3/t14-/m0/s1. The number of para-hydroxylation sites is 1. The van der Waals surface area contributed by atoms with Crippen molar-refractivity contribution in [2.24, 2.45) is 5.73 Å². The van der Waals surface area contributed by atoms with Crippen molar-refractivity contribution < 1.29 is 4.79 Å². The minimum absolute atomic E-state index is 0.0634. The van der Waals surface area contributed by atoms with Gasteiger partial charge in [0.2, 0.25) is 0 Å². The second-order valence-electron chi connectivity index (χ2n) is 6.86. The molecule has 1 aromatic heterocycles. The Hall–Kier alpha value is -2.14. The van der Waals surface area contributed by atoms with E-state index < -0.39 is 0 Å². The van der Waals surface area contributed by atoms with Gasteiger partial charge in [0.25, 0.3) is 5.91 Å². The summed E-state index contributed by atoms with van der Waals surface area (Å²) >= 11 is 0. The second-order valence-corrected chi connectivity index (χ2v) is 6.86. The molecular weight excluding hydrogens is 300 g/mol. The van der Waals surface area contributed by atoms with Crippen LogP contribution in [0.15, 0.2) is 24.3 Å². The summed E-state index contributed by atoms with van der Waals surface area (Å²) in [5.74, 6) is 0.0634. The summed E-state index contributed by atoms with van der Waals surface area (Å²) in [5, 5.41) is 4.76. The van der Waals surface area contributed by atoms with E-state index in [9.17, 15) is 4.79 Å². The predicted octanol–water partition coefficient (Wildman–Crippen LogP) is 2.23. The van der Waals surface area contributed by atoms with Crippen LogP contribution in [-0.2, 0) is 12.8 Å². The van der Waals surface area contributed by atoms with Crippen molar-refractivity contribution in [1.82, 2.24) is 14.7 Å². The van der Waals surface area contributed by atoms with Crippen LogP contribution in [0.3, 0.4) is 0 Å². The average Bonchev–Trinajstić information content (AvgIpc) is 3.30. The molecule has 1 atom stereocenters. The van der Waals surface area contributed by atoms with Crippen LogP contribution in [-0.4, -0.2) is 39.7 Å². The highest BCUT2D eigenvalue weighted by Crippen LogP contribution is 2.30. The van der Waals surface area contributed by atoms with Gasteiger partial charge < -0.3 is 10.6 Å². The number of nitrogens with two attached hydrogens (primary N) is 1. The molecule has 1 amide bonds. The van der Waals surface area contributed by atoms with E-state index >= 15 is 0 Å². The number of fused-ring (bicyclic) bond motifs is 1. The minimum Gasteiger partial charge on any atom is -0.333 e. The molecule has 1 aromatic carbocycles. The Morgan fingerprint density at radius 3 is 2.92 bits per heavy atom. The van der Waals surface area contributed by atoms with Gasteiger partial charge in [0.1, 0.15) is 0 Å². The van der Waals surface area contributed by atoms with Crippen LogP contribution in [0.4, 0.5) is 0 Å². The molecule has 1 aliphatic heterocycles. The number of hydrogen-bond acceptors (Lipinski definition) is 3. The Kier molecular flexibility index (Phi) is 3.88. The summed E-state index contributed by atoms with van der Waals surface area (Å²) in [6.07, 6.45) is 5.07. The molecule has 24 heavy (non-hydrogen) atoms. The summed E-state index contributed by atoms with van der Waals surface area (Å²) in [4.78, 5) is 15.0. The first-order chi connectivity index (χ1) is 11.7. The first-order valence-corrected chi connectivity index (χ1v) is 8.88. The lowest BCUT2D eigenvalue weighted by Gasteiger charge is -2.22. The van der Waals surface area contributed by atoms with E-state index in [1.807, 2.05) is 21.7 Å². The molecule has 4 rings (SSSR count). The van der Waals surface area contributed by atoms with E-state index in [1.165, 1.54) is 11.3 Å². The molecule has 2 aromatic rings. The van der Waals surface area contributed by atoms with Gasteiger partial charge in [-0.05, 0) is 50.7 Å². The summed E-state index contributed by atoms with van der Waals surface area (Å²) in [6.45, 7) is 3.42. The lowest BCUT2D eigenvalue weighted by molar-refractivity contribution is 0.0733. The molecule has 0 unspecified atom stereocenters. The van der Waals surface area contributed by atoms with Crippen molar-refractivity contribution >= 4 is 5.91 Å². The monoisotopic (exact) mass is 324 g/mol. The fraction of sp³-hybridized carbons (Fsp3) is 0.474. The lowest BCUT2D eigenvalue weighted by Crippen LogP contribution is -2.40. The van der Waals surface area contributed by atoms with E-state index in [4.69, 9.17) is 10.8 Å². The fourth-order valence-electron chi connectivity index (χ4n) is 4.09. The number of rotatable bonds is 3. The van der Waals surface area contributed by atoms with Crippen LogP contribution in [0.5, 0.6) is 0 Å². The van der Waals surface area contributed by atoms with Crippen molar-refractivity contribution in [3.8, 4) is 5.69 Å². The maximum atomic E-state index is 13.1. The van der Waals surface area contributed by atoms with E-state index in [2.05, 4.69) is 19.1 Å². The molecule has 0 radical (unpaired) electrons. The number of nitrogens with zero attached hydrogens (tertiary/aromatic N) is 3. The summed E-state index contributed by atoms with van der Waals surface area (Å²) in [5.41, 5.74) is 11.1. The number of likely N-dealkylation sites (tertiary alicyclic amines) is 1. The molecule has 0 spiro atoms. The second kappa shape index (κ2) is 6.06. The number of carbonyl (C=O) groups is 1. The van der Waals surface area contributed by atoms with Crippen LogP contribution in [0.2, 0.25) is 0 Å². The Labute approximate surface area is 142 Å². The minimum atomic E-state index is 0.0634. The molecule has 5 heteroatoms. The number of amides is 1. The van der Waals surface area contributed by atoms with Gasteiger partial charge in [-0.25, -0.2) is 4.68 Å². The Morgan fingerprint density at radius 2 is 2.12 bits per heavy atom. The molecular formula is C19H24N4O. The normalized spacial score (nSPS) is 19.8. The third-order valence-corrected chi connectivity index (χ3v) is 5.39. The van der Waals surface area contributed by atoms with E-state index in [0.29, 0.717) is 12.2 Å². The third kappa shape index (κ3) is 2.35. The van der Waals surface area contributed by atoms with Crippen molar-refractivity contribution in [2.45, 2.75) is 45.1 Å². The van der Waals surface area contributed by atoms with Gasteiger partial charge in [0.05, 0.1) is 5.69 Å². The molecule has 0 bridgehead atoms. The fourth-order valence-corrected chi connectivity index (χ4v) is 4.09. The number of hydrogen-bond donors (Lipinski definition) is 1. The first-order valence-electron chi connectivity index (χ1n) is 8.88. The highest BCUT2D eigenvalue weighted by atomic mass is 16.2. The van der Waals surface area contributed by atoms with Gasteiger partial charge in [-0.2, -0.15) is 5.10 Å². The third-order valence-electron chi connectivity index (χ3n) is 5.39. The maximum absolute atomic E-state index is 13.1.